The van der Waals surface area contributed by atoms with E-state index >= 15 is 0 Å². The molecule has 3 nitrogen and oxygen atoms in total. The first-order valence-corrected chi connectivity index (χ1v) is 6.82. The van der Waals surface area contributed by atoms with Crippen molar-refractivity contribution in [3.05, 3.63) is 57.0 Å². The Labute approximate surface area is 131 Å². The van der Waals surface area contributed by atoms with E-state index in [0.29, 0.717) is 32.0 Å². The van der Waals surface area contributed by atoms with E-state index in [1.54, 1.807) is 36.4 Å². The number of benzene rings is 2. The number of rotatable bonds is 4. The lowest BCUT2D eigenvalue weighted by atomic mass is 10.1. The Kier molecular flexibility index (Phi) is 4.76. The second-order valence-corrected chi connectivity index (χ2v) is 5.34. The largest absolute Gasteiger partial charge is 0.481 e. The predicted molar refractivity (Wildman–Crippen MR) is 82.5 cm³/mol. The van der Waals surface area contributed by atoms with Crippen LogP contribution in [0.5, 0.6) is 0 Å². The maximum absolute atomic E-state index is 10.9. The highest BCUT2D eigenvalue weighted by molar-refractivity contribution is 6.39. The molecule has 0 radical (unpaired) electrons. The SMILES string of the molecule is O=C(O)Cc1cc(Cl)ccc1Nc1c(Cl)cccc1Cl. The molecule has 2 aromatic carbocycles. The van der Waals surface area contributed by atoms with Crippen LogP contribution in [0, 0.1) is 0 Å². The van der Waals surface area contributed by atoms with Gasteiger partial charge in [0.25, 0.3) is 0 Å². The van der Waals surface area contributed by atoms with Crippen molar-refractivity contribution in [1.29, 1.82) is 0 Å². The third-order valence-electron chi connectivity index (χ3n) is 2.63. The summed E-state index contributed by atoms with van der Waals surface area (Å²) in [5.41, 5.74) is 1.69. The molecule has 20 heavy (non-hydrogen) atoms. The van der Waals surface area contributed by atoms with Gasteiger partial charge in [-0.05, 0) is 35.9 Å². The Morgan fingerprint density at radius 2 is 1.75 bits per heavy atom. The lowest BCUT2D eigenvalue weighted by Gasteiger charge is -2.14. The molecule has 0 amide bonds. The van der Waals surface area contributed by atoms with Gasteiger partial charge in [-0.1, -0.05) is 40.9 Å². The number of carboxylic acids is 1. The molecule has 6 heteroatoms. The standard InChI is InChI=1S/C14H10Cl3NO2/c15-9-4-5-12(8(6-9)7-13(19)20)18-14-10(16)2-1-3-11(14)17/h1-6,18H,7H2,(H,19,20). The van der Waals surface area contributed by atoms with Crippen LogP contribution in [0.15, 0.2) is 36.4 Å². The van der Waals surface area contributed by atoms with Gasteiger partial charge >= 0.3 is 5.97 Å². The average molecular weight is 331 g/mol. The van der Waals surface area contributed by atoms with E-state index in [-0.39, 0.29) is 6.42 Å². The summed E-state index contributed by atoms with van der Waals surface area (Å²) in [5, 5.41) is 13.4. The smallest absolute Gasteiger partial charge is 0.307 e. The van der Waals surface area contributed by atoms with Gasteiger partial charge in [0.1, 0.15) is 0 Å². The zero-order chi connectivity index (χ0) is 14.7. The molecule has 0 aliphatic rings. The number of carbonyl (C=O) groups is 1. The van der Waals surface area contributed by atoms with E-state index in [1.807, 2.05) is 0 Å². The first kappa shape index (κ1) is 15.0. The minimum absolute atomic E-state index is 0.148. The molecule has 0 saturated carbocycles. The van der Waals surface area contributed by atoms with E-state index < -0.39 is 5.97 Å². The molecule has 104 valence electrons. The van der Waals surface area contributed by atoms with Crippen LogP contribution in [0.3, 0.4) is 0 Å². The van der Waals surface area contributed by atoms with Gasteiger partial charge < -0.3 is 10.4 Å². The number of carboxylic acid groups (broad SMARTS) is 1. The molecule has 2 aromatic rings. The summed E-state index contributed by atoms with van der Waals surface area (Å²) < 4.78 is 0. The fraction of sp³-hybridized carbons (Fsp3) is 0.0714. The van der Waals surface area contributed by atoms with E-state index in [1.165, 1.54) is 0 Å². The monoisotopic (exact) mass is 329 g/mol. The molecule has 0 aromatic heterocycles. The number of para-hydroxylation sites is 1. The number of hydrogen-bond acceptors (Lipinski definition) is 2. The van der Waals surface area contributed by atoms with Crippen molar-refractivity contribution in [3.63, 3.8) is 0 Å². The number of halogens is 3. The summed E-state index contributed by atoms with van der Waals surface area (Å²) in [6, 6.07) is 10.1. The van der Waals surface area contributed by atoms with Crippen LogP contribution in [0.2, 0.25) is 15.1 Å². The van der Waals surface area contributed by atoms with Crippen molar-refractivity contribution in [2.45, 2.75) is 6.42 Å². The van der Waals surface area contributed by atoms with Crippen LogP contribution in [0.1, 0.15) is 5.56 Å². The Morgan fingerprint density at radius 1 is 1.10 bits per heavy atom. The topological polar surface area (TPSA) is 49.3 Å². The van der Waals surface area contributed by atoms with Crippen molar-refractivity contribution < 1.29 is 9.90 Å². The minimum Gasteiger partial charge on any atom is -0.481 e. The van der Waals surface area contributed by atoms with Crippen LogP contribution in [-0.2, 0) is 11.2 Å². The molecule has 2 rings (SSSR count). The van der Waals surface area contributed by atoms with Gasteiger partial charge in [0, 0.05) is 10.7 Å². The molecule has 0 aliphatic carbocycles. The summed E-state index contributed by atoms with van der Waals surface area (Å²) in [6.07, 6.45) is -0.148. The molecule has 0 spiro atoms. The van der Waals surface area contributed by atoms with Crippen LogP contribution in [-0.4, -0.2) is 11.1 Å². The highest BCUT2D eigenvalue weighted by atomic mass is 35.5. The van der Waals surface area contributed by atoms with Crippen molar-refractivity contribution in [2.75, 3.05) is 5.32 Å². The van der Waals surface area contributed by atoms with Crippen molar-refractivity contribution in [3.8, 4) is 0 Å². The fourth-order valence-corrected chi connectivity index (χ4v) is 2.43. The second-order valence-electron chi connectivity index (χ2n) is 4.09. The third kappa shape index (κ3) is 3.57. The van der Waals surface area contributed by atoms with E-state index in [2.05, 4.69) is 5.32 Å². The third-order valence-corrected chi connectivity index (χ3v) is 3.50. The number of hydrogen-bond donors (Lipinski definition) is 2. The lowest BCUT2D eigenvalue weighted by Crippen LogP contribution is -2.04. The highest BCUT2D eigenvalue weighted by Crippen LogP contribution is 2.34. The maximum Gasteiger partial charge on any atom is 0.307 e. The zero-order valence-corrected chi connectivity index (χ0v) is 12.4. The molecular weight excluding hydrogens is 321 g/mol. The van der Waals surface area contributed by atoms with Gasteiger partial charge in [-0.25, -0.2) is 0 Å². The van der Waals surface area contributed by atoms with Gasteiger partial charge in [-0.3, -0.25) is 4.79 Å². The second kappa shape index (κ2) is 6.35. The molecule has 0 fully saturated rings. The molecule has 0 unspecified atom stereocenters. The summed E-state index contributed by atoms with van der Waals surface area (Å²) in [5.74, 6) is -0.944. The average Bonchev–Trinajstić information content (AvgIpc) is 2.35. The molecule has 0 bridgehead atoms. The Hall–Kier alpha value is -1.42. The molecule has 0 atom stereocenters. The van der Waals surface area contributed by atoms with Crippen molar-refractivity contribution >= 4 is 52.1 Å². The first-order chi connectivity index (χ1) is 9.47. The molecule has 0 saturated heterocycles. The van der Waals surface area contributed by atoms with E-state index in [0.717, 1.165) is 0 Å². The number of aliphatic carboxylic acids is 1. The van der Waals surface area contributed by atoms with E-state index in [9.17, 15) is 4.79 Å². The summed E-state index contributed by atoms with van der Waals surface area (Å²) in [7, 11) is 0. The summed E-state index contributed by atoms with van der Waals surface area (Å²) in [6.45, 7) is 0. The van der Waals surface area contributed by atoms with Crippen LogP contribution in [0.25, 0.3) is 0 Å². The van der Waals surface area contributed by atoms with Crippen LogP contribution in [0.4, 0.5) is 11.4 Å². The zero-order valence-electron chi connectivity index (χ0n) is 10.2. The maximum atomic E-state index is 10.9. The van der Waals surface area contributed by atoms with Crippen molar-refractivity contribution in [1.82, 2.24) is 0 Å². The summed E-state index contributed by atoms with van der Waals surface area (Å²) >= 11 is 18.1. The predicted octanol–water partition coefficient (Wildman–Crippen LogP) is 5.02. The normalized spacial score (nSPS) is 10.3. The van der Waals surface area contributed by atoms with Gasteiger partial charge in [-0.2, -0.15) is 0 Å². The summed E-state index contributed by atoms with van der Waals surface area (Å²) in [4.78, 5) is 10.9. The molecular formula is C14H10Cl3NO2. The van der Waals surface area contributed by atoms with Crippen LogP contribution >= 0.6 is 34.8 Å². The van der Waals surface area contributed by atoms with Gasteiger partial charge in [-0.15, -0.1) is 0 Å². The number of nitrogens with one attached hydrogen (secondary N) is 1. The number of anilines is 2. The lowest BCUT2D eigenvalue weighted by molar-refractivity contribution is -0.136. The van der Waals surface area contributed by atoms with Gasteiger partial charge in [0.05, 0.1) is 22.2 Å². The minimum atomic E-state index is -0.944. The molecule has 0 aliphatic heterocycles. The molecule has 0 heterocycles. The highest BCUT2D eigenvalue weighted by Gasteiger charge is 2.11. The van der Waals surface area contributed by atoms with E-state index in [4.69, 9.17) is 39.9 Å². The Balaban J connectivity index is 2.40. The van der Waals surface area contributed by atoms with Crippen LogP contribution < -0.4 is 5.32 Å². The fourth-order valence-electron chi connectivity index (χ4n) is 1.75. The first-order valence-electron chi connectivity index (χ1n) is 5.68. The molecule has 2 N–H and O–H groups in total. The Morgan fingerprint density at radius 3 is 2.35 bits per heavy atom. The van der Waals surface area contributed by atoms with Gasteiger partial charge in [0.15, 0.2) is 0 Å². The van der Waals surface area contributed by atoms with Gasteiger partial charge in [0.2, 0.25) is 0 Å². The quantitative estimate of drug-likeness (QED) is 0.827. The Bertz CT molecular complexity index is 639. The van der Waals surface area contributed by atoms with Crippen molar-refractivity contribution in [2.24, 2.45) is 0 Å².